The van der Waals surface area contributed by atoms with Crippen LogP contribution in [0.4, 0.5) is 4.39 Å². The standard InChI is InChI=1S/C21H30FN3O3S/c1-15-19(16(2)25(24-15)20(3,4)5)29(26,27)23-14-21(10-12-28-13-11-21)17-6-8-18(22)9-7-17/h6-9,23H,10-14H2,1-5H3. The Bertz CT molecular complexity index is 970. The summed E-state index contributed by atoms with van der Waals surface area (Å²) in [5, 5.41) is 4.46. The molecular weight excluding hydrogens is 393 g/mol. The van der Waals surface area contributed by atoms with E-state index < -0.39 is 15.4 Å². The zero-order valence-electron chi connectivity index (χ0n) is 17.8. The fourth-order valence-corrected chi connectivity index (χ4v) is 5.62. The maximum absolute atomic E-state index is 13.4. The van der Waals surface area contributed by atoms with Crippen molar-refractivity contribution in [3.63, 3.8) is 0 Å². The van der Waals surface area contributed by atoms with Crippen LogP contribution in [0.25, 0.3) is 0 Å². The minimum Gasteiger partial charge on any atom is -0.381 e. The van der Waals surface area contributed by atoms with Gasteiger partial charge in [0.1, 0.15) is 10.7 Å². The molecule has 1 aliphatic rings. The van der Waals surface area contributed by atoms with E-state index in [1.807, 2.05) is 20.8 Å². The van der Waals surface area contributed by atoms with Crippen molar-refractivity contribution >= 4 is 10.0 Å². The number of nitrogens with one attached hydrogen (secondary N) is 1. The van der Waals surface area contributed by atoms with Gasteiger partial charge >= 0.3 is 0 Å². The van der Waals surface area contributed by atoms with Crippen LogP contribution in [0.15, 0.2) is 29.2 Å². The minimum atomic E-state index is -3.76. The van der Waals surface area contributed by atoms with E-state index in [-0.39, 0.29) is 22.8 Å². The third-order valence-electron chi connectivity index (χ3n) is 5.64. The molecule has 0 saturated carbocycles. The summed E-state index contributed by atoms with van der Waals surface area (Å²) in [5.41, 5.74) is 1.27. The molecule has 0 atom stereocenters. The van der Waals surface area contributed by atoms with Crippen LogP contribution in [-0.4, -0.2) is 38.0 Å². The molecule has 1 saturated heterocycles. The molecule has 0 spiro atoms. The van der Waals surface area contributed by atoms with Crippen LogP contribution in [-0.2, 0) is 25.7 Å². The molecule has 3 rings (SSSR count). The second kappa shape index (κ2) is 7.81. The Kier molecular flexibility index (Phi) is 5.91. The maximum atomic E-state index is 13.4. The van der Waals surface area contributed by atoms with Gasteiger partial charge in [0, 0.05) is 25.2 Å². The lowest BCUT2D eigenvalue weighted by molar-refractivity contribution is 0.0517. The van der Waals surface area contributed by atoms with E-state index in [1.54, 1.807) is 30.7 Å². The Morgan fingerprint density at radius 3 is 2.28 bits per heavy atom. The fourth-order valence-electron chi connectivity index (χ4n) is 4.11. The SMILES string of the molecule is Cc1nn(C(C)(C)C)c(C)c1S(=O)(=O)NCC1(c2ccc(F)cc2)CCOCC1. The van der Waals surface area contributed by atoms with Gasteiger partial charge in [0.25, 0.3) is 0 Å². The number of hydrogen-bond acceptors (Lipinski definition) is 4. The van der Waals surface area contributed by atoms with E-state index >= 15 is 0 Å². The van der Waals surface area contributed by atoms with Crippen molar-refractivity contribution in [2.75, 3.05) is 19.8 Å². The van der Waals surface area contributed by atoms with E-state index in [1.165, 1.54) is 12.1 Å². The van der Waals surface area contributed by atoms with Crippen molar-refractivity contribution in [1.29, 1.82) is 0 Å². The van der Waals surface area contributed by atoms with Crippen molar-refractivity contribution in [2.24, 2.45) is 0 Å². The molecule has 0 unspecified atom stereocenters. The van der Waals surface area contributed by atoms with Crippen molar-refractivity contribution in [3.8, 4) is 0 Å². The van der Waals surface area contributed by atoms with Crippen LogP contribution < -0.4 is 4.72 Å². The predicted octanol–water partition coefficient (Wildman–Crippen LogP) is 3.42. The number of sulfonamides is 1. The highest BCUT2D eigenvalue weighted by molar-refractivity contribution is 7.89. The van der Waals surface area contributed by atoms with Crippen molar-refractivity contribution < 1.29 is 17.5 Å². The second-order valence-corrected chi connectivity index (χ2v) is 10.5. The molecule has 29 heavy (non-hydrogen) atoms. The Morgan fingerprint density at radius 1 is 1.17 bits per heavy atom. The Morgan fingerprint density at radius 2 is 1.76 bits per heavy atom. The van der Waals surface area contributed by atoms with Gasteiger partial charge < -0.3 is 4.74 Å². The summed E-state index contributed by atoms with van der Waals surface area (Å²) in [6.07, 6.45) is 1.33. The lowest BCUT2D eigenvalue weighted by Gasteiger charge is -2.38. The Balaban J connectivity index is 1.92. The summed E-state index contributed by atoms with van der Waals surface area (Å²) in [4.78, 5) is 0.230. The largest absolute Gasteiger partial charge is 0.381 e. The lowest BCUT2D eigenvalue weighted by atomic mass is 9.74. The number of nitrogens with zero attached hydrogens (tertiary/aromatic N) is 2. The lowest BCUT2D eigenvalue weighted by Crippen LogP contribution is -2.44. The summed E-state index contributed by atoms with van der Waals surface area (Å²) < 4.78 is 49.9. The molecule has 160 valence electrons. The van der Waals surface area contributed by atoms with Crippen molar-refractivity contribution in [1.82, 2.24) is 14.5 Å². The van der Waals surface area contributed by atoms with Gasteiger partial charge in [0.15, 0.2) is 0 Å². The van der Waals surface area contributed by atoms with Gasteiger partial charge in [0.05, 0.1) is 16.9 Å². The zero-order valence-corrected chi connectivity index (χ0v) is 18.6. The quantitative estimate of drug-likeness (QED) is 0.800. The first-order chi connectivity index (χ1) is 13.5. The summed E-state index contributed by atoms with van der Waals surface area (Å²) in [6.45, 7) is 10.8. The molecule has 0 amide bonds. The summed E-state index contributed by atoms with van der Waals surface area (Å²) >= 11 is 0. The number of ether oxygens (including phenoxy) is 1. The third-order valence-corrected chi connectivity index (χ3v) is 7.29. The first-order valence-electron chi connectivity index (χ1n) is 9.86. The van der Waals surface area contributed by atoms with E-state index in [0.29, 0.717) is 37.4 Å². The highest BCUT2D eigenvalue weighted by Gasteiger charge is 2.37. The van der Waals surface area contributed by atoms with E-state index in [2.05, 4.69) is 9.82 Å². The van der Waals surface area contributed by atoms with Crippen molar-refractivity contribution in [2.45, 2.75) is 63.3 Å². The predicted molar refractivity (Wildman–Crippen MR) is 110 cm³/mol. The monoisotopic (exact) mass is 423 g/mol. The highest BCUT2D eigenvalue weighted by atomic mass is 32.2. The summed E-state index contributed by atoms with van der Waals surface area (Å²) in [5.74, 6) is -0.308. The molecule has 2 aromatic rings. The molecule has 8 heteroatoms. The molecule has 1 fully saturated rings. The normalized spacial score (nSPS) is 17.4. The molecule has 0 radical (unpaired) electrons. The van der Waals surface area contributed by atoms with E-state index in [4.69, 9.17) is 4.74 Å². The number of aromatic nitrogens is 2. The van der Waals surface area contributed by atoms with Crippen LogP contribution in [0, 0.1) is 19.7 Å². The third kappa shape index (κ3) is 4.39. The number of hydrogen-bond donors (Lipinski definition) is 1. The van der Waals surface area contributed by atoms with Gasteiger partial charge in [-0.3, -0.25) is 4.68 Å². The number of benzene rings is 1. The van der Waals surface area contributed by atoms with Gasteiger partial charge in [0.2, 0.25) is 10.0 Å². The molecule has 1 aromatic heterocycles. The van der Waals surface area contributed by atoms with Crippen LogP contribution in [0.3, 0.4) is 0 Å². The van der Waals surface area contributed by atoms with Gasteiger partial charge in [-0.1, -0.05) is 12.1 Å². The Labute approximate surface area is 172 Å². The first-order valence-corrected chi connectivity index (χ1v) is 11.3. The second-order valence-electron chi connectivity index (χ2n) is 8.81. The maximum Gasteiger partial charge on any atom is 0.244 e. The average Bonchev–Trinajstić information content (AvgIpc) is 2.97. The smallest absolute Gasteiger partial charge is 0.244 e. The number of rotatable bonds is 5. The Hall–Kier alpha value is -1.77. The summed E-state index contributed by atoms with van der Waals surface area (Å²) in [6, 6.07) is 6.32. The molecule has 2 heterocycles. The van der Waals surface area contributed by atoms with Crippen LogP contribution in [0.5, 0.6) is 0 Å². The average molecular weight is 424 g/mol. The zero-order chi connectivity index (χ0) is 21.4. The summed E-state index contributed by atoms with van der Waals surface area (Å²) in [7, 11) is -3.76. The molecule has 1 N–H and O–H groups in total. The highest BCUT2D eigenvalue weighted by Crippen LogP contribution is 2.35. The molecule has 6 nitrogen and oxygen atoms in total. The van der Waals surface area contributed by atoms with Gasteiger partial charge in [-0.05, 0) is 65.2 Å². The number of halogens is 1. The minimum absolute atomic E-state index is 0.226. The molecule has 1 aromatic carbocycles. The fraction of sp³-hybridized carbons (Fsp3) is 0.571. The van der Waals surface area contributed by atoms with E-state index in [0.717, 1.165) is 5.56 Å². The van der Waals surface area contributed by atoms with Gasteiger partial charge in [-0.15, -0.1) is 0 Å². The topological polar surface area (TPSA) is 73.2 Å². The van der Waals surface area contributed by atoms with Crippen LogP contribution >= 0.6 is 0 Å². The number of aryl methyl sites for hydroxylation is 1. The van der Waals surface area contributed by atoms with Gasteiger partial charge in [-0.2, -0.15) is 5.10 Å². The molecular formula is C21H30FN3O3S. The van der Waals surface area contributed by atoms with Gasteiger partial charge in [-0.25, -0.2) is 17.5 Å². The first kappa shape index (κ1) is 21.9. The molecule has 0 bridgehead atoms. The van der Waals surface area contributed by atoms with Crippen molar-refractivity contribution in [3.05, 3.63) is 47.0 Å². The van der Waals surface area contributed by atoms with Crippen LogP contribution in [0.2, 0.25) is 0 Å². The van der Waals surface area contributed by atoms with E-state index in [9.17, 15) is 12.8 Å². The van der Waals surface area contributed by atoms with Crippen LogP contribution in [0.1, 0.15) is 50.6 Å². The molecule has 1 aliphatic heterocycles. The molecule has 0 aliphatic carbocycles.